The fourth-order valence-corrected chi connectivity index (χ4v) is 4.38. The van der Waals surface area contributed by atoms with Crippen LogP contribution in [0.4, 0.5) is 13.2 Å². The summed E-state index contributed by atoms with van der Waals surface area (Å²) < 4.78 is 77.8. The molecule has 1 aromatic heterocycles. The van der Waals surface area contributed by atoms with Crippen LogP contribution >= 0.6 is 0 Å². The summed E-state index contributed by atoms with van der Waals surface area (Å²) in [5.41, 5.74) is -0.591. The van der Waals surface area contributed by atoms with Crippen molar-refractivity contribution in [3.8, 4) is 17.1 Å². The maximum Gasteiger partial charge on any atom is 0.246 e. The van der Waals surface area contributed by atoms with Crippen molar-refractivity contribution in [1.82, 2.24) is 4.31 Å². The highest BCUT2D eigenvalue weighted by atomic mass is 32.2. The number of phenolic OH excluding ortho intramolecular Hbond substituents is 1. The molecule has 0 amide bonds. The zero-order valence-electron chi connectivity index (χ0n) is 13.9. The van der Waals surface area contributed by atoms with Crippen LogP contribution in [-0.4, -0.2) is 43.1 Å². The predicted octanol–water partition coefficient (Wildman–Crippen LogP) is 2.87. The minimum atomic E-state index is -3.95. The third-order valence-electron chi connectivity index (χ3n) is 4.00. The lowest BCUT2D eigenvalue weighted by atomic mass is 10.1. The first kappa shape index (κ1) is 18.7. The van der Waals surface area contributed by atoms with Crippen LogP contribution in [0, 0.1) is 17.5 Å². The molecule has 2 unspecified atom stereocenters. The minimum Gasteiger partial charge on any atom is -0.503 e. The Morgan fingerprint density at radius 1 is 1.12 bits per heavy atom. The van der Waals surface area contributed by atoms with Gasteiger partial charge in [-0.3, -0.25) is 0 Å². The number of halogens is 3. The fraction of sp³-hybridized carbons (Fsp3) is 0.375. The van der Waals surface area contributed by atoms with Crippen molar-refractivity contribution in [3.63, 3.8) is 0 Å². The molecule has 0 radical (unpaired) electrons. The number of aromatic hydroxyl groups is 1. The van der Waals surface area contributed by atoms with Crippen molar-refractivity contribution in [3.05, 3.63) is 35.8 Å². The summed E-state index contributed by atoms with van der Waals surface area (Å²) >= 11 is 0. The molecule has 1 aromatic carbocycles. The summed E-state index contributed by atoms with van der Waals surface area (Å²) in [4.78, 5) is -0.266. The van der Waals surface area contributed by atoms with Crippen molar-refractivity contribution < 1.29 is 35.8 Å². The molecule has 1 aliphatic rings. The van der Waals surface area contributed by atoms with E-state index in [1.165, 1.54) is 4.31 Å². The van der Waals surface area contributed by atoms with Crippen LogP contribution in [-0.2, 0) is 14.8 Å². The molecule has 3 rings (SSSR count). The van der Waals surface area contributed by atoms with Crippen LogP contribution in [0.1, 0.15) is 13.8 Å². The Balaban J connectivity index is 1.98. The molecule has 2 aromatic rings. The van der Waals surface area contributed by atoms with Gasteiger partial charge in [0.05, 0.1) is 17.8 Å². The quantitative estimate of drug-likeness (QED) is 0.814. The molecule has 0 spiro atoms. The lowest BCUT2D eigenvalue weighted by molar-refractivity contribution is -0.0440. The van der Waals surface area contributed by atoms with Gasteiger partial charge in [-0.25, -0.2) is 17.2 Å². The molecular weight excluding hydrogens is 375 g/mol. The Labute approximate surface area is 147 Å². The summed E-state index contributed by atoms with van der Waals surface area (Å²) in [6.07, 6.45) is 0.272. The lowest BCUT2D eigenvalue weighted by Gasteiger charge is -2.34. The Hall–Kier alpha value is -2.04. The van der Waals surface area contributed by atoms with Crippen molar-refractivity contribution in [1.29, 1.82) is 0 Å². The number of rotatable bonds is 3. The van der Waals surface area contributed by atoms with E-state index in [1.807, 2.05) is 0 Å². The molecule has 1 N–H and O–H groups in total. The zero-order chi connectivity index (χ0) is 19.2. The van der Waals surface area contributed by atoms with Crippen LogP contribution < -0.4 is 0 Å². The lowest BCUT2D eigenvalue weighted by Crippen LogP contribution is -2.47. The van der Waals surface area contributed by atoms with Gasteiger partial charge in [-0.15, -0.1) is 0 Å². The predicted molar refractivity (Wildman–Crippen MR) is 84.5 cm³/mol. The fourth-order valence-electron chi connectivity index (χ4n) is 2.84. The molecule has 1 fully saturated rings. The summed E-state index contributed by atoms with van der Waals surface area (Å²) in [6, 6.07) is 1.48. The van der Waals surface area contributed by atoms with Gasteiger partial charge in [-0.1, -0.05) is 0 Å². The number of ether oxygens (including phenoxy) is 1. The third kappa shape index (κ3) is 3.19. The van der Waals surface area contributed by atoms with Gasteiger partial charge in [0.1, 0.15) is 16.9 Å². The highest BCUT2D eigenvalue weighted by Gasteiger charge is 2.33. The average Bonchev–Trinajstić information content (AvgIpc) is 3.06. The number of hydrogen-bond acceptors (Lipinski definition) is 5. The van der Waals surface area contributed by atoms with E-state index in [1.54, 1.807) is 13.8 Å². The summed E-state index contributed by atoms with van der Waals surface area (Å²) in [5.74, 6) is -6.53. The van der Waals surface area contributed by atoms with Crippen LogP contribution in [0.25, 0.3) is 11.3 Å². The summed E-state index contributed by atoms with van der Waals surface area (Å²) in [5, 5.41) is 9.29. The first-order chi connectivity index (χ1) is 12.1. The summed E-state index contributed by atoms with van der Waals surface area (Å²) in [7, 11) is -3.95. The second-order valence-electron chi connectivity index (χ2n) is 6.11. The molecule has 6 nitrogen and oxygen atoms in total. The first-order valence-electron chi connectivity index (χ1n) is 7.72. The second kappa shape index (κ2) is 6.60. The van der Waals surface area contributed by atoms with E-state index >= 15 is 0 Å². The van der Waals surface area contributed by atoms with Crippen molar-refractivity contribution >= 4 is 10.0 Å². The molecule has 142 valence electrons. The van der Waals surface area contributed by atoms with Gasteiger partial charge in [0.25, 0.3) is 0 Å². The van der Waals surface area contributed by atoms with E-state index in [0.29, 0.717) is 6.07 Å². The van der Waals surface area contributed by atoms with Crippen molar-refractivity contribution in [2.45, 2.75) is 31.0 Å². The van der Waals surface area contributed by atoms with Gasteiger partial charge in [-0.2, -0.15) is 8.70 Å². The topological polar surface area (TPSA) is 80.0 Å². The number of morpholine rings is 1. The molecule has 2 heterocycles. The van der Waals surface area contributed by atoms with Crippen molar-refractivity contribution in [2.75, 3.05) is 13.1 Å². The molecule has 1 aliphatic heterocycles. The number of benzene rings is 1. The van der Waals surface area contributed by atoms with Crippen LogP contribution in [0.5, 0.6) is 5.75 Å². The smallest absolute Gasteiger partial charge is 0.246 e. The van der Waals surface area contributed by atoms with Gasteiger partial charge in [-0.05, 0) is 19.9 Å². The second-order valence-corrected chi connectivity index (χ2v) is 8.05. The maximum atomic E-state index is 14.0. The zero-order valence-corrected chi connectivity index (χ0v) is 14.7. The summed E-state index contributed by atoms with van der Waals surface area (Å²) in [6.45, 7) is 3.73. The number of hydrogen-bond donors (Lipinski definition) is 1. The average molecular weight is 391 g/mol. The molecule has 26 heavy (non-hydrogen) atoms. The molecule has 0 bridgehead atoms. The largest absolute Gasteiger partial charge is 0.503 e. The SMILES string of the molecule is CC1CN(S(=O)(=O)c2coc(-c3cc(F)c(F)c(O)c3F)c2)CC(C)O1. The van der Waals surface area contributed by atoms with Gasteiger partial charge >= 0.3 is 0 Å². The molecular formula is C16H16F3NO5S. The van der Waals surface area contributed by atoms with Crippen LogP contribution in [0.3, 0.4) is 0 Å². The van der Waals surface area contributed by atoms with Gasteiger partial charge in [0.2, 0.25) is 15.8 Å². The molecule has 2 atom stereocenters. The van der Waals surface area contributed by atoms with E-state index in [4.69, 9.17) is 9.15 Å². The Bertz CT molecular complexity index is 934. The molecule has 10 heteroatoms. The Morgan fingerprint density at radius 2 is 1.73 bits per heavy atom. The normalized spacial score (nSPS) is 21.9. The number of nitrogens with zero attached hydrogens (tertiary/aromatic N) is 1. The van der Waals surface area contributed by atoms with Crippen molar-refractivity contribution in [2.24, 2.45) is 0 Å². The van der Waals surface area contributed by atoms with E-state index in [-0.39, 0.29) is 36.0 Å². The third-order valence-corrected chi connectivity index (χ3v) is 5.79. The first-order valence-corrected chi connectivity index (χ1v) is 9.16. The number of sulfonamides is 1. The number of phenols is 1. The van der Waals surface area contributed by atoms with Gasteiger partial charge < -0.3 is 14.3 Å². The highest BCUT2D eigenvalue weighted by Crippen LogP contribution is 2.34. The molecule has 0 saturated carbocycles. The van der Waals surface area contributed by atoms with Crippen LogP contribution in [0.2, 0.25) is 0 Å². The standard InChI is InChI=1S/C16H16F3NO5S/c1-8-5-20(6-9(2)25-8)26(22,23)10-3-13(24-7-10)11-4-12(17)15(19)16(21)14(11)18/h3-4,7-9,21H,5-6H2,1-2H3. The Kier molecular flexibility index (Phi) is 4.76. The van der Waals surface area contributed by atoms with Gasteiger partial charge in [0, 0.05) is 19.2 Å². The molecule has 1 saturated heterocycles. The number of furan rings is 1. The molecule has 0 aliphatic carbocycles. The van der Waals surface area contributed by atoms with E-state index < -0.39 is 38.8 Å². The monoisotopic (exact) mass is 391 g/mol. The van der Waals surface area contributed by atoms with Gasteiger partial charge in [0.15, 0.2) is 17.4 Å². The van der Waals surface area contributed by atoms with Crippen LogP contribution in [0.15, 0.2) is 27.7 Å². The van der Waals surface area contributed by atoms with E-state index in [0.717, 1.165) is 12.3 Å². The Morgan fingerprint density at radius 3 is 2.35 bits per heavy atom. The van der Waals surface area contributed by atoms with E-state index in [2.05, 4.69) is 0 Å². The highest BCUT2D eigenvalue weighted by molar-refractivity contribution is 7.89. The minimum absolute atomic E-state index is 0.132. The maximum absolute atomic E-state index is 14.0. The van der Waals surface area contributed by atoms with E-state index in [9.17, 15) is 26.7 Å².